The van der Waals surface area contributed by atoms with Gasteiger partial charge >= 0.3 is 0 Å². The van der Waals surface area contributed by atoms with Gasteiger partial charge in [-0.1, -0.05) is 20.8 Å². The topological polar surface area (TPSA) is 102 Å². The zero-order chi connectivity index (χ0) is 26.4. The molecule has 9 nitrogen and oxygen atoms in total. The van der Waals surface area contributed by atoms with Gasteiger partial charge in [0, 0.05) is 40.2 Å². The molecule has 0 unspecified atom stereocenters. The maximum Gasteiger partial charge on any atom is 0.197 e. The van der Waals surface area contributed by atoms with Crippen LogP contribution >= 0.6 is 11.3 Å². The van der Waals surface area contributed by atoms with Gasteiger partial charge in [0.25, 0.3) is 0 Å². The molecule has 0 bridgehead atoms. The molecule has 4 aromatic rings. The molecule has 4 aromatic heterocycles. The summed E-state index contributed by atoms with van der Waals surface area (Å²) >= 11 is 1.82. The fourth-order valence-electron chi connectivity index (χ4n) is 5.87. The highest BCUT2D eigenvalue weighted by Crippen LogP contribution is 2.43. The fourth-order valence-corrected chi connectivity index (χ4v) is 7.11. The van der Waals surface area contributed by atoms with Crippen molar-refractivity contribution < 1.29 is 9.47 Å². The number of pyridine rings is 1. The van der Waals surface area contributed by atoms with Crippen LogP contribution in [-0.4, -0.2) is 62.7 Å². The lowest BCUT2D eigenvalue weighted by Gasteiger charge is -2.40. The second-order valence-electron chi connectivity index (χ2n) is 11.5. The Bertz CT molecular complexity index is 1430. The Hall–Kier alpha value is -2.82. The fraction of sp³-hybridized carbons (Fsp3) is 0.571. The standard InChI is InChI=1S/C28H37N7O2S/c1-16(2)22-23(19-10-21(36-5)26-30-15-31-35(26)11-19)33-34-24(22)27-32-17(3)25(38-27)18-6-8-20(9-7-18)29-12-28(4)13-37-14-28/h10-11,15-16,18,20,29H,6-9,12-14H2,1-5H3,(H,33,34). The van der Waals surface area contributed by atoms with E-state index in [-0.39, 0.29) is 5.92 Å². The average molecular weight is 536 g/mol. The lowest BCUT2D eigenvalue weighted by molar-refractivity contribution is -0.100. The van der Waals surface area contributed by atoms with Crippen molar-refractivity contribution in [2.45, 2.75) is 71.3 Å². The first-order valence-corrected chi connectivity index (χ1v) is 14.4. The van der Waals surface area contributed by atoms with Crippen LogP contribution in [0.15, 0.2) is 18.6 Å². The quantitative estimate of drug-likeness (QED) is 0.314. The van der Waals surface area contributed by atoms with E-state index in [1.807, 2.05) is 23.6 Å². The normalized spacial score (nSPS) is 21.2. The number of fused-ring (bicyclic) bond motifs is 1. The third-order valence-electron chi connectivity index (χ3n) is 8.08. The Morgan fingerprint density at radius 2 is 2.05 bits per heavy atom. The summed E-state index contributed by atoms with van der Waals surface area (Å²) in [5, 5.41) is 17.2. The van der Waals surface area contributed by atoms with Gasteiger partial charge in [-0.05, 0) is 50.5 Å². The molecular formula is C28H37N7O2S. The number of ether oxygens (including phenoxy) is 2. The third kappa shape index (κ3) is 4.63. The number of nitrogens with one attached hydrogen (secondary N) is 2. The van der Waals surface area contributed by atoms with E-state index < -0.39 is 0 Å². The highest BCUT2D eigenvalue weighted by molar-refractivity contribution is 7.15. The van der Waals surface area contributed by atoms with E-state index in [1.54, 1.807) is 11.6 Å². The average Bonchev–Trinajstić information content (AvgIpc) is 3.64. The molecule has 1 saturated heterocycles. The molecule has 1 aliphatic heterocycles. The molecule has 0 atom stereocenters. The highest BCUT2D eigenvalue weighted by atomic mass is 32.1. The minimum absolute atomic E-state index is 0.258. The zero-order valence-electron chi connectivity index (χ0n) is 22.9. The molecule has 2 N–H and O–H groups in total. The van der Waals surface area contributed by atoms with E-state index in [1.165, 1.54) is 36.9 Å². The summed E-state index contributed by atoms with van der Waals surface area (Å²) in [6, 6.07) is 2.61. The number of H-pyrrole nitrogens is 1. The van der Waals surface area contributed by atoms with Gasteiger partial charge < -0.3 is 14.8 Å². The van der Waals surface area contributed by atoms with Crippen LogP contribution in [0.5, 0.6) is 5.75 Å². The second-order valence-corrected chi connectivity index (χ2v) is 12.6. The van der Waals surface area contributed by atoms with Crippen molar-refractivity contribution in [1.29, 1.82) is 0 Å². The Morgan fingerprint density at radius 1 is 1.26 bits per heavy atom. The number of aromatic nitrogens is 6. The first-order chi connectivity index (χ1) is 18.3. The number of methoxy groups -OCH3 is 1. The lowest BCUT2D eigenvalue weighted by Crippen LogP contribution is -2.50. The summed E-state index contributed by atoms with van der Waals surface area (Å²) in [7, 11) is 1.66. The molecule has 10 heteroatoms. The van der Waals surface area contributed by atoms with Gasteiger partial charge in [-0.2, -0.15) is 10.2 Å². The largest absolute Gasteiger partial charge is 0.493 e. The summed E-state index contributed by atoms with van der Waals surface area (Å²) in [5.74, 6) is 1.51. The maximum atomic E-state index is 5.60. The van der Waals surface area contributed by atoms with Crippen LogP contribution in [0.4, 0.5) is 0 Å². The van der Waals surface area contributed by atoms with Gasteiger partial charge in [0.1, 0.15) is 17.0 Å². The molecule has 0 radical (unpaired) electrons. The van der Waals surface area contributed by atoms with Gasteiger partial charge in [-0.15, -0.1) is 11.3 Å². The minimum atomic E-state index is 0.258. The SMILES string of the molecule is COc1cc(-c2[nH]nc(-c3nc(C)c(C4CCC(NCC5(C)COC5)CC4)s3)c2C(C)C)cn2ncnc12. The van der Waals surface area contributed by atoms with Gasteiger partial charge in [0.2, 0.25) is 0 Å². The van der Waals surface area contributed by atoms with Crippen molar-refractivity contribution in [3.63, 3.8) is 0 Å². The summed E-state index contributed by atoms with van der Waals surface area (Å²) in [6.45, 7) is 11.7. The molecule has 2 fully saturated rings. The van der Waals surface area contributed by atoms with E-state index in [0.717, 1.165) is 53.0 Å². The molecule has 0 spiro atoms. The van der Waals surface area contributed by atoms with E-state index in [0.29, 0.717) is 28.8 Å². The van der Waals surface area contributed by atoms with Crippen LogP contribution < -0.4 is 10.1 Å². The number of thiazole rings is 1. The molecule has 1 aliphatic carbocycles. The summed E-state index contributed by atoms with van der Waals surface area (Å²) in [5.41, 5.74) is 6.19. The molecule has 5 heterocycles. The number of rotatable bonds is 8. The van der Waals surface area contributed by atoms with Gasteiger partial charge in [-0.3, -0.25) is 5.10 Å². The van der Waals surface area contributed by atoms with Crippen molar-refractivity contribution in [3.05, 3.63) is 34.7 Å². The highest BCUT2D eigenvalue weighted by Gasteiger charge is 2.34. The molecule has 0 amide bonds. The van der Waals surface area contributed by atoms with Crippen LogP contribution in [0.25, 0.3) is 27.6 Å². The number of hydrogen-bond acceptors (Lipinski definition) is 8. The molecule has 6 rings (SSSR count). The monoisotopic (exact) mass is 535 g/mol. The number of hydrogen-bond donors (Lipinski definition) is 2. The van der Waals surface area contributed by atoms with Crippen LogP contribution in [0.1, 0.15) is 74.4 Å². The van der Waals surface area contributed by atoms with Gasteiger partial charge in [0.15, 0.2) is 11.4 Å². The summed E-state index contributed by atoms with van der Waals surface area (Å²) in [6.07, 6.45) is 8.34. The van der Waals surface area contributed by atoms with Crippen molar-refractivity contribution in [3.8, 4) is 27.7 Å². The summed E-state index contributed by atoms with van der Waals surface area (Å²) in [4.78, 5) is 10.8. The lowest BCUT2D eigenvalue weighted by atomic mass is 9.83. The predicted octanol–water partition coefficient (Wildman–Crippen LogP) is 5.34. The Kier molecular flexibility index (Phi) is 6.74. The molecule has 38 heavy (non-hydrogen) atoms. The Labute approximate surface area is 227 Å². The van der Waals surface area contributed by atoms with Crippen LogP contribution in [-0.2, 0) is 4.74 Å². The van der Waals surface area contributed by atoms with Gasteiger partial charge in [0.05, 0.1) is 31.7 Å². The number of aromatic amines is 1. The van der Waals surface area contributed by atoms with E-state index in [2.05, 4.69) is 48.2 Å². The third-order valence-corrected chi connectivity index (χ3v) is 9.41. The van der Waals surface area contributed by atoms with E-state index >= 15 is 0 Å². The smallest absolute Gasteiger partial charge is 0.197 e. The van der Waals surface area contributed by atoms with Crippen molar-refractivity contribution in [2.75, 3.05) is 26.9 Å². The van der Waals surface area contributed by atoms with E-state index in [9.17, 15) is 0 Å². The van der Waals surface area contributed by atoms with Crippen LogP contribution in [0.3, 0.4) is 0 Å². The molecule has 202 valence electrons. The van der Waals surface area contributed by atoms with Crippen LogP contribution in [0, 0.1) is 12.3 Å². The molecule has 1 saturated carbocycles. The van der Waals surface area contributed by atoms with Gasteiger partial charge in [-0.25, -0.2) is 14.5 Å². The first kappa shape index (κ1) is 25.5. The van der Waals surface area contributed by atoms with Crippen LogP contribution in [0.2, 0.25) is 0 Å². The minimum Gasteiger partial charge on any atom is -0.493 e. The molecular weight excluding hydrogens is 498 g/mol. The first-order valence-electron chi connectivity index (χ1n) is 13.6. The van der Waals surface area contributed by atoms with Crippen molar-refractivity contribution in [2.24, 2.45) is 5.41 Å². The van der Waals surface area contributed by atoms with E-state index in [4.69, 9.17) is 19.6 Å². The Morgan fingerprint density at radius 3 is 2.74 bits per heavy atom. The van der Waals surface area contributed by atoms with Crippen molar-refractivity contribution >= 4 is 17.0 Å². The Balaban J connectivity index is 1.23. The number of nitrogens with zero attached hydrogens (tertiary/aromatic N) is 5. The molecule has 0 aromatic carbocycles. The maximum absolute atomic E-state index is 5.60. The summed E-state index contributed by atoms with van der Waals surface area (Å²) < 4.78 is 12.8. The zero-order valence-corrected chi connectivity index (χ0v) is 23.7. The second kappa shape index (κ2) is 10.1. The molecule has 2 aliphatic rings. The number of aryl methyl sites for hydroxylation is 1. The predicted molar refractivity (Wildman–Crippen MR) is 149 cm³/mol. The van der Waals surface area contributed by atoms with Crippen molar-refractivity contribution in [1.82, 2.24) is 35.1 Å².